The maximum absolute atomic E-state index is 13.6. The number of sulfonamides is 1. The molecule has 1 amide bonds. The van der Waals surface area contributed by atoms with Crippen LogP contribution in [-0.4, -0.2) is 60.1 Å². The number of hydrogen-bond donors (Lipinski definition) is 1. The molecule has 0 unspecified atom stereocenters. The van der Waals surface area contributed by atoms with E-state index in [0.717, 1.165) is 31.4 Å². The Labute approximate surface area is 216 Å². The number of nitrogens with zero attached hydrogens (tertiary/aromatic N) is 2. The fraction of sp³-hybridized carbons (Fsp3) is 0.731. The van der Waals surface area contributed by atoms with E-state index in [4.69, 9.17) is 9.47 Å². The van der Waals surface area contributed by atoms with E-state index in [9.17, 15) is 18.0 Å². The van der Waals surface area contributed by atoms with Gasteiger partial charge in [0.25, 0.3) is 0 Å². The SMILES string of the molecule is Cc1ccc(S(=O)(=O)N2CCC[C@H]2C(=O)OC(C)(C)C)c(CCCCCCNC(=O)OC(C)(C)C)n1. The molecule has 0 aromatic carbocycles. The molecule has 9 nitrogen and oxygen atoms in total. The topological polar surface area (TPSA) is 115 Å². The summed E-state index contributed by atoms with van der Waals surface area (Å²) in [6, 6.07) is 2.47. The van der Waals surface area contributed by atoms with Gasteiger partial charge in [0.1, 0.15) is 22.1 Å². The minimum atomic E-state index is -3.90. The highest BCUT2D eigenvalue weighted by atomic mass is 32.2. The molecule has 1 aromatic heterocycles. The number of aromatic nitrogens is 1. The van der Waals surface area contributed by atoms with Crippen molar-refractivity contribution < 1.29 is 27.5 Å². The number of unbranched alkanes of at least 4 members (excludes halogenated alkanes) is 3. The van der Waals surface area contributed by atoms with Crippen LogP contribution in [0.15, 0.2) is 17.0 Å². The zero-order valence-corrected chi connectivity index (χ0v) is 23.7. The van der Waals surface area contributed by atoms with Gasteiger partial charge in [-0.3, -0.25) is 9.78 Å². The summed E-state index contributed by atoms with van der Waals surface area (Å²) in [5.74, 6) is -0.509. The largest absolute Gasteiger partial charge is 0.459 e. The molecule has 0 radical (unpaired) electrons. The lowest BCUT2D eigenvalue weighted by Gasteiger charge is -2.27. The highest BCUT2D eigenvalue weighted by molar-refractivity contribution is 7.89. The monoisotopic (exact) mass is 525 g/mol. The van der Waals surface area contributed by atoms with Crippen molar-refractivity contribution >= 4 is 22.1 Å². The Balaban J connectivity index is 1.97. The van der Waals surface area contributed by atoms with Crippen LogP contribution in [0.4, 0.5) is 4.79 Å². The van der Waals surface area contributed by atoms with E-state index in [1.807, 2.05) is 27.7 Å². The molecule has 36 heavy (non-hydrogen) atoms. The molecule has 1 aliphatic rings. The Morgan fingerprint density at radius 1 is 1.03 bits per heavy atom. The number of carbonyl (C=O) groups excluding carboxylic acids is 2. The molecule has 1 saturated heterocycles. The average Bonchev–Trinajstić information content (AvgIpc) is 3.21. The number of aryl methyl sites for hydroxylation is 2. The number of alkyl carbamates (subject to hydrolysis) is 1. The lowest BCUT2D eigenvalue weighted by Crippen LogP contribution is -2.43. The second-order valence-corrected chi connectivity index (χ2v) is 13.2. The van der Waals surface area contributed by atoms with Gasteiger partial charge in [-0.05, 0) is 92.7 Å². The van der Waals surface area contributed by atoms with Crippen molar-refractivity contribution in [2.75, 3.05) is 13.1 Å². The molecule has 1 aliphatic heterocycles. The molecule has 2 heterocycles. The maximum Gasteiger partial charge on any atom is 0.407 e. The van der Waals surface area contributed by atoms with Crippen LogP contribution in [-0.2, 0) is 30.7 Å². The van der Waals surface area contributed by atoms with Crippen LogP contribution in [0.3, 0.4) is 0 Å². The molecular formula is C26H43N3O6S. The van der Waals surface area contributed by atoms with Gasteiger partial charge in [0.2, 0.25) is 10.0 Å². The van der Waals surface area contributed by atoms with Crippen LogP contribution >= 0.6 is 0 Å². The van der Waals surface area contributed by atoms with Crippen molar-refractivity contribution in [1.82, 2.24) is 14.6 Å². The quantitative estimate of drug-likeness (QED) is 0.353. The number of amides is 1. The maximum atomic E-state index is 13.6. The minimum absolute atomic E-state index is 0.162. The molecule has 204 valence electrons. The molecule has 1 fully saturated rings. The zero-order chi connectivity index (χ0) is 27.1. The Morgan fingerprint density at radius 3 is 2.31 bits per heavy atom. The third-order valence-electron chi connectivity index (χ3n) is 5.55. The number of rotatable bonds is 10. The van der Waals surface area contributed by atoms with Gasteiger partial charge in [-0.15, -0.1) is 0 Å². The van der Waals surface area contributed by atoms with Crippen LogP contribution in [0.1, 0.15) is 91.5 Å². The van der Waals surface area contributed by atoms with E-state index in [2.05, 4.69) is 10.3 Å². The van der Waals surface area contributed by atoms with Crippen LogP contribution < -0.4 is 5.32 Å². The molecule has 0 spiro atoms. The van der Waals surface area contributed by atoms with Gasteiger partial charge in [0.15, 0.2) is 0 Å². The minimum Gasteiger partial charge on any atom is -0.459 e. The predicted molar refractivity (Wildman–Crippen MR) is 138 cm³/mol. The summed E-state index contributed by atoms with van der Waals surface area (Å²) in [4.78, 5) is 29.1. The first-order valence-corrected chi connectivity index (χ1v) is 14.2. The Morgan fingerprint density at radius 2 is 1.67 bits per heavy atom. The summed E-state index contributed by atoms with van der Waals surface area (Å²) in [6.07, 6.45) is 4.47. The van der Waals surface area contributed by atoms with Crippen molar-refractivity contribution in [3.05, 3.63) is 23.5 Å². The van der Waals surface area contributed by atoms with E-state index >= 15 is 0 Å². The average molecular weight is 526 g/mol. The van der Waals surface area contributed by atoms with Crippen LogP contribution in [0.25, 0.3) is 0 Å². The fourth-order valence-electron chi connectivity index (χ4n) is 4.05. The third kappa shape index (κ3) is 9.35. The van der Waals surface area contributed by atoms with Crippen LogP contribution in [0.2, 0.25) is 0 Å². The zero-order valence-electron chi connectivity index (χ0n) is 22.8. The van der Waals surface area contributed by atoms with Crippen LogP contribution in [0.5, 0.6) is 0 Å². The fourth-order valence-corrected chi connectivity index (χ4v) is 5.88. The van der Waals surface area contributed by atoms with E-state index in [-0.39, 0.29) is 11.4 Å². The van der Waals surface area contributed by atoms with Gasteiger partial charge in [-0.1, -0.05) is 12.8 Å². The molecular weight excluding hydrogens is 482 g/mol. The number of pyridine rings is 1. The lowest BCUT2D eigenvalue weighted by atomic mass is 10.1. The third-order valence-corrected chi connectivity index (χ3v) is 7.53. The predicted octanol–water partition coefficient (Wildman–Crippen LogP) is 4.51. The molecule has 0 saturated carbocycles. The summed E-state index contributed by atoms with van der Waals surface area (Å²) in [6.45, 7) is 13.4. The molecule has 2 rings (SSSR count). The number of ether oxygens (including phenoxy) is 2. The molecule has 0 aliphatic carbocycles. The van der Waals surface area contributed by atoms with Gasteiger partial charge < -0.3 is 14.8 Å². The Kier molecular flexibility index (Phi) is 10.3. The Hall–Kier alpha value is -2.20. The summed E-state index contributed by atoms with van der Waals surface area (Å²) in [7, 11) is -3.90. The van der Waals surface area contributed by atoms with Crippen molar-refractivity contribution in [2.45, 2.75) is 116 Å². The van der Waals surface area contributed by atoms with E-state index in [1.165, 1.54) is 4.31 Å². The van der Waals surface area contributed by atoms with E-state index < -0.39 is 39.3 Å². The highest BCUT2D eigenvalue weighted by Gasteiger charge is 2.42. The van der Waals surface area contributed by atoms with Crippen molar-refractivity contribution in [1.29, 1.82) is 0 Å². The second kappa shape index (κ2) is 12.4. The van der Waals surface area contributed by atoms with Gasteiger partial charge in [0.05, 0.1) is 5.69 Å². The van der Waals surface area contributed by atoms with Crippen molar-refractivity contribution in [3.63, 3.8) is 0 Å². The first kappa shape index (κ1) is 30.0. The summed E-state index contributed by atoms with van der Waals surface area (Å²) in [5.41, 5.74) is 0.0614. The molecule has 10 heteroatoms. The number of carbonyl (C=O) groups is 2. The standard InChI is InChI=1S/C26H43N3O6S/c1-19-15-16-22(36(32,33)29-18-12-14-21(29)23(30)34-25(2,3)4)20(28-19)13-10-8-9-11-17-27-24(31)35-26(5,6)7/h15-16,21H,8-14,17-18H2,1-7H3,(H,27,31)/t21-/m0/s1. The summed E-state index contributed by atoms with van der Waals surface area (Å²) >= 11 is 0. The number of hydrogen-bond acceptors (Lipinski definition) is 7. The lowest BCUT2D eigenvalue weighted by molar-refractivity contribution is -0.158. The smallest absolute Gasteiger partial charge is 0.407 e. The van der Waals surface area contributed by atoms with Crippen LogP contribution in [0, 0.1) is 6.92 Å². The molecule has 1 aromatic rings. The first-order chi connectivity index (χ1) is 16.6. The van der Waals surface area contributed by atoms with E-state index in [0.29, 0.717) is 31.5 Å². The van der Waals surface area contributed by atoms with Gasteiger partial charge in [0, 0.05) is 18.8 Å². The van der Waals surface area contributed by atoms with Crippen molar-refractivity contribution in [2.24, 2.45) is 0 Å². The summed E-state index contributed by atoms with van der Waals surface area (Å²) in [5, 5.41) is 2.75. The van der Waals surface area contributed by atoms with Gasteiger partial charge in [-0.25, -0.2) is 13.2 Å². The molecule has 1 atom stereocenters. The Bertz CT molecular complexity index is 1010. The normalized spacial score (nSPS) is 17.1. The van der Waals surface area contributed by atoms with Gasteiger partial charge >= 0.3 is 12.1 Å². The number of esters is 1. The molecule has 0 bridgehead atoms. The second-order valence-electron chi connectivity index (χ2n) is 11.3. The molecule has 1 N–H and O–H groups in total. The highest BCUT2D eigenvalue weighted by Crippen LogP contribution is 2.30. The van der Waals surface area contributed by atoms with Gasteiger partial charge in [-0.2, -0.15) is 4.31 Å². The van der Waals surface area contributed by atoms with Crippen molar-refractivity contribution in [3.8, 4) is 0 Å². The summed E-state index contributed by atoms with van der Waals surface area (Å²) < 4.78 is 39.2. The first-order valence-electron chi connectivity index (χ1n) is 12.8. The number of nitrogens with one attached hydrogen (secondary N) is 1. The van der Waals surface area contributed by atoms with E-state index in [1.54, 1.807) is 32.9 Å².